The number of hydrogen-bond donors (Lipinski definition) is 1. The first-order valence-electron chi connectivity index (χ1n) is 6.11. The van der Waals surface area contributed by atoms with Gasteiger partial charge in [0, 0.05) is 23.9 Å². The van der Waals surface area contributed by atoms with E-state index in [9.17, 15) is 9.18 Å². The van der Waals surface area contributed by atoms with E-state index < -0.39 is 5.95 Å². The fourth-order valence-corrected chi connectivity index (χ4v) is 1.87. The molecule has 1 aromatic carbocycles. The Kier molecular flexibility index (Phi) is 4.23. The van der Waals surface area contributed by atoms with E-state index in [-0.39, 0.29) is 17.5 Å². The third kappa shape index (κ3) is 3.88. The number of rotatable bonds is 4. The molecular weight excluding hydrogens is 243 g/mol. The van der Waals surface area contributed by atoms with E-state index in [0.29, 0.717) is 0 Å². The van der Waals surface area contributed by atoms with E-state index in [0.717, 1.165) is 18.1 Å². The maximum Gasteiger partial charge on any atom is 0.251 e. The molecule has 1 N–H and O–H groups in total. The highest BCUT2D eigenvalue weighted by Crippen LogP contribution is 2.05. The number of nitrogens with zero attached hydrogens (tertiary/aromatic N) is 1. The summed E-state index contributed by atoms with van der Waals surface area (Å²) in [5.41, 5.74) is 1.43. The average molecular weight is 258 g/mol. The summed E-state index contributed by atoms with van der Waals surface area (Å²) >= 11 is 0. The zero-order valence-electron chi connectivity index (χ0n) is 10.6. The van der Waals surface area contributed by atoms with E-state index in [4.69, 9.17) is 0 Å². The van der Waals surface area contributed by atoms with Crippen LogP contribution in [0.1, 0.15) is 22.8 Å². The number of benzene rings is 1. The summed E-state index contributed by atoms with van der Waals surface area (Å²) in [6.45, 7) is 1.92. The van der Waals surface area contributed by atoms with E-state index in [1.807, 2.05) is 37.3 Å². The second-order valence-corrected chi connectivity index (χ2v) is 4.43. The molecule has 1 heterocycles. The molecule has 0 aliphatic rings. The molecule has 1 atom stereocenters. The summed E-state index contributed by atoms with van der Waals surface area (Å²) in [6, 6.07) is 12.5. The van der Waals surface area contributed by atoms with Crippen molar-refractivity contribution in [2.75, 3.05) is 0 Å². The van der Waals surface area contributed by atoms with Crippen LogP contribution in [-0.4, -0.2) is 16.9 Å². The maximum atomic E-state index is 12.9. The Bertz CT molecular complexity index is 557. The first-order chi connectivity index (χ1) is 9.15. The van der Waals surface area contributed by atoms with Crippen LogP contribution < -0.4 is 5.32 Å². The molecule has 0 spiro atoms. The molecule has 0 bridgehead atoms. The molecule has 1 unspecified atom stereocenters. The fraction of sp³-hybridized carbons (Fsp3) is 0.200. The second-order valence-electron chi connectivity index (χ2n) is 4.43. The predicted octanol–water partition coefficient (Wildman–Crippen LogP) is 2.58. The monoisotopic (exact) mass is 258 g/mol. The normalized spacial score (nSPS) is 11.9. The minimum atomic E-state index is -0.650. The highest BCUT2D eigenvalue weighted by atomic mass is 19.1. The Balaban J connectivity index is 1.95. The molecule has 3 nitrogen and oxygen atoms in total. The van der Waals surface area contributed by atoms with Crippen molar-refractivity contribution in [3.8, 4) is 0 Å². The van der Waals surface area contributed by atoms with Crippen LogP contribution >= 0.6 is 0 Å². The van der Waals surface area contributed by atoms with Crippen LogP contribution in [0, 0.1) is 5.95 Å². The number of carbonyl (C=O) groups is 1. The van der Waals surface area contributed by atoms with Crippen LogP contribution in [0.5, 0.6) is 0 Å². The first-order valence-corrected chi connectivity index (χ1v) is 6.11. The van der Waals surface area contributed by atoms with Gasteiger partial charge in [-0.25, -0.2) is 4.98 Å². The minimum Gasteiger partial charge on any atom is -0.349 e. The summed E-state index contributed by atoms with van der Waals surface area (Å²) in [6.07, 6.45) is 2.02. The fourth-order valence-electron chi connectivity index (χ4n) is 1.87. The first kappa shape index (κ1) is 13.2. The summed E-state index contributed by atoms with van der Waals surface area (Å²) in [7, 11) is 0. The molecule has 0 fully saturated rings. The number of hydrogen-bond acceptors (Lipinski definition) is 2. The Labute approximate surface area is 111 Å². The summed E-state index contributed by atoms with van der Waals surface area (Å²) < 4.78 is 12.9. The molecule has 0 radical (unpaired) electrons. The quantitative estimate of drug-likeness (QED) is 0.856. The molecule has 0 saturated carbocycles. The van der Waals surface area contributed by atoms with Gasteiger partial charge in [0.25, 0.3) is 5.91 Å². The van der Waals surface area contributed by atoms with Crippen LogP contribution in [0.15, 0.2) is 48.7 Å². The standard InChI is InChI=1S/C15H15FN2O/c1-11(9-12-5-3-2-4-6-12)18-15(19)13-7-8-17-14(16)10-13/h2-8,10-11H,9H2,1H3,(H,18,19). The summed E-state index contributed by atoms with van der Waals surface area (Å²) in [5, 5.41) is 2.84. The third-order valence-corrected chi connectivity index (χ3v) is 2.75. The second kappa shape index (κ2) is 6.09. The molecule has 0 saturated heterocycles. The number of aromatic nitrogens is 1. The molecule has 1 aromatic heterocycles. The van der Waals surface area contributed by atoms with Crippen molar-refractivity contribution < 1.29 is 9.18 Å². The lowest BCUT2D eigenvalue weighted by Gasteiger charge is -2.14. The van der Waals surface area contributed by atoms with Gasteiger partial charge in [-0.15, -0.1) is 0 Å². The summed E-state index contributed by atoms with van der Waals surface area (Å²) in [4.78, 5) is 15.3. The van der Waals surface area contributed by atoms with E-state index in [1.165, 1.54) is 12.3 Å². The molecule has 0 aliphatic carbocycles. The largest absolute Gasteiger partial charge is 0.349 e. The Morgan fingerprint density at radius 1 is 1.32 bits per heavy atom. The topological polar surface area (TPSA) is 42.0 Å². The number of pyridine rings is 1. The van der Waals surface area contributed by atoms with Crippen LogP contribution in [-0.2, 0) is 6.42 Å². The lowest BCUT2D eigenvalue weighted by atomic mass is 10.1. The molecule has 19 heavy (non-hydrogen) atoms. The lowest BCUT2D eigenvalue weighted by molar-refractivity contribution is 0.0939. The number of halogens is 1. The van der Waals surface area contributed by atoms with Crippen molar-refractivity contribution in [2.45, 2.75) is 19.4 Å². The van der Waals surface area contributed by atoms with Gasteiger partial charge in [-0.3, -0.25) is 4.79 Å². The van der Waals surface area contributed by atoms with Crippen molar-refractivity contribution in [1.82, 2.24) is 10.3 Å². The van der Waals surface area contributed by atoms with Crippen molar-refractivity contribution in [3.63, 3.8) is 0 Å². The average Bonchev–Trinajstić information content (AvgIpc) is 2.39. The molecule has 2 rings (SSSR count). The lowest BCUT2D eigenvalue weighted by Crippen LogP contribution is -2.34. The molecule has 98 valence electrons. The van der Waals surface area contributed by atoms with Crippen LogP contribution in [0.3, 0.4) is 0 Å². The Morgan fingerprint density at radius 3 is 2.74 bits per heavy atom. The predicted molar refractivity (Wildman–Crippen MR) is 71.3 cm³/mol. The maximum absolute atomic E-state index is 12.9. The van der Waals surface area contributed by atoms with Crippen molar-refractivity contribution in [2.24, 2.45) is 0 Å². The van der Waals surface area contributed by atoms with Gasteiger partial charge in [-0.1, -0.05) is 30.3 Å². The van der Waals surface area contributed by atoms with Gasteiger partial charge in [0.1, 0.15) is 0 Å². The Hall–Kier alpha value is -2.23. The molecule has 2 aromatic rings. The zero-order chi connectivity index (χ0) is 13.7. The molecule has 1 amide bonds. The molecule has 0 aliphatic heterocycles. The Morgan fingerprint density at radius 2 is 2.05 bits per heavy atom. The van der Waals surface area contributed by atoms with Crippen molar-refractivity contribution in [1.29, 1.82) is 0 Å². The van der Waals surface area contributed by atoms with E-state index in [2.05, 4.69) is 10.3 Å². The molecule has 4 heteroatoms. The van der Waals surface area contributed by atoms with Gasteiger partial charge in [0.15, 0.2) is 0 Å². The summed E-state index contributed by atoms with van der Waals surface area (Å²) in [5.74, 6) is -0.937. The highest BCUT2D eigenvalue weighted by Gasteiger charge is 2.11. The third-order valence-electron chi connectivity index (χ3n) is 2.75. The van der Waals surface area contributed by atoms with Gasteiger partial charge in [-0.2, -0.15) is 4.39 Å². The van der Waals surface area contributed by atoms with Crippen LogP contribution in [0.4, 0.5) is 4.39 Å². The highest BCUT2D eigenvalue weighted by molar-refractivity contribution is 5.94. The van der Waals surface area contributed by atoms with Gasteiger partial charge < -0.3 is 5.32 Å². The van der Waals surface area contributed by atoms with Gasteiger partial charge in [-0.05, 0) is 25.0 Å². The van der Waals surface area contributed by atoms with Crippen molar-refractivity contribution in [3.05, 3.63) is 65.7 Å². The minimum absolute atomic E-state index is 0.0221. The van der Waals surface area contributed by atoms with Crippen molar-refractivity contribution >= 4 is 5.91 Å². The van der Waals surface area contributed by atoms with Gasteiger partial charge in [0.2, 0.25) is 5.95 Å². The SMILES string of the molecule is CC(Cc1ccccc1)NC(=O)c1ccnc(F)c1. The van der Waals surface area contributed by atoms with E-state index >= 15 is 0 Å². The number of nitrogens with one attached hydrogen (secondary N) is 1. The van der Waals surface area contributed by atoms with Gasteiger partial charge >= 0.3 is 0 Å². The number of carbonyl (C=O) groups excluding carboxylic acids is 1. The zero-order valence-corrected chi connectivity index (χ0v) is 10.6. The smallest absolute Gasteiger partial charge is 0.251 e. The number of amides is 1. The van der Waals surface area contributed by atoms with E-state index in [1.54, 1.807) is 0 Å². The molecular formula is C15H15FN2O. The van der Waals surface area contributed by atoms with Crippen LogP contribution in [0.2, 0.25) is 0 Å². The van der Waals surface area contributed by atoms with Gasteiger partial charge in [0.05, 0.1) is 0 Å². The van der Waals surface area contributed by atoms with Crippen LogP contribution in [0.25, 0.3) is 0 Å².